The highest BCUT2D eigenvalue weighted by molar-refractivity contribution is 7.80. The summed E-state index contributed by atoms with van der Waals surface area (Å²) in [6.45, 7) is 0.584. The van der Waals surface area contributed by atoms with Crippen molar-refractivity contribution in [3.8, 4) is 0 Å². The smallest absolute Gasteiger partial charge is 0.276 e. The van der Waals surface area contributed by atoms with Crippen molar-refractivity contribution in [2.75, 3.05) is 6.54 Å². The predicted octanol–water partition coefficient (Wildman–Crippen LogP) is 2.99. The molecule has 0 radical (unpaired) electrons. The van der Waals surface area contributed by atoms with Gasteiger partial charge in [-0.25, -0.2) is 0 Å². The minimum absolute atomic E-state index is 0.0650. The van der Waals surface area contributed by atoms with Gasteiger partial charge in [0.05, 0.1) is 0 Å². The van der Waals surface area contributed by atoms with E-state index in [-0.39, 0.29) is 5.91 Å². The van der Waals surface area contributed by atoms with E-state index in [0.29, 0.717) is 17.4 Å². The van der Waals surface area contributed by atoms with Crippen molar-refractivity contribution in [3.63, 3.8) is 0 Å². The molecule has 1 aliphatic rings. The molecular weight excluding hydrogens is 292 g/mol. The Morgan fingerprint density at radius 3 is 2.32 bits per heavy atom. The number of hydrogen-bond donors (Lipinski definition) is 1. The summed E-state index contributed by atoms with van der Waals surface area (Å²) in [6.07, 6.45) is 2.62. The number of rotatable bonds is 4. The highest BCUT2D eigenvalue weighted by Gasteiger charge is 2.29. The van der Waals surface area contributed by atoms with Gasteiger partial charge < -0.3 is 5.32 Å². The van der Waals surface area contributed by atoms with Gasteiger partial charge in [0, 0.05) is 6.54 Å². The normalized spacial score (nSPS) is 16.2. The molecule has 110 valence electrons. The van der Waals surface area contributed by atoms with Gasteiger partial charge in [0.25, 0.3) is 5.91 Å². The average molecular weight is 308 g/mol. The lowest BCUT2D eigenvalue weighted by molar-refractivity contribution is -0.122. The van der Waals surface area contributed by atoms with Crippen LogP contribution in [-0.4, -0.2) is 22.5 Å². The number of benzene rings is 2. The quantitative estimate of drug-likeness (QED) is 0.696. The van der Waals surface area contributed by atoms with Crippen LogP contribution < -0.4 is 5.32 Å². The molecule has 0 saturated carbocycles. The van der Waals surface area contributed by atoms with Crippen LogP contribution in [0.3, 0.4) is 0 Å². The molecule has 1 fully saturated rings. The van der Waals surface area contributed by atoms with E-state index in [1.165, 1.54) is 5.56 Å². The first kappa shape index (κ1) is 14.5. The molecule has 22 heavy (non-hydrogen) atoms. The molecule has 0 spiro atoms. The van der Waals surface area contributed by atoms with Crippen LogP contribution in [0.25, 0.3) is 6.08 Å². The Hall–Kier alpha value is -2.46. The lowest BCUT2D eigenvalue weighted by atomic mass is 10.1. The van der Waals surface area contributed by atoms with E-state index in [1.54, 1.807) is 4.90 Å². The number of carbonyl (C=O) groups excluding carboxylic acids is 1. The summed E-state index contributed by atoms with van der Waals surface area (Å²) in [5.74, 6) is -0.0650. The highest BCUT2D eigenvalue weighted by Crippen LogP contribution is 2.15. The predicted molar refractivity (Wildman–Crippen MR) is 92.0 cm³/mol. The monoisotopic (exact) mass is 308 g/mol. The fourth-order valence-electron chi connectivity index (χ4n) is 2.38. The van der Waals surface area contributed by atoms with Gasteiger partial charge >= 0.3 is 0 Å². The van der Waals surface area contributed by atoms with Gasteiger partial charge in [-0.05, 0) is 35.8 Å². The van der Waals surface area contributed by atoms with Gasteiger partial charge in [-0.2, -0.15) is 0 Å². The second-order valence-electron chi connectivity index (χ2n) is 5.09. The maximum Gasteiger partial charge on any atom is 0.276 e. The van der Waals surface area contributed by atoms with E-state index in [4.69, 9.17) is 12.2 Å². The minimum Gasteiger partial charge on any atom is -0.328 e. The summed E-state index contributed by atoms with van der Waals surface area (Å²) in [6, 6.07) is 19.8. The first-order valence-corrected chi connectivity index (χ1v) is 7.58. The highest BCUT2D eigenvalue weighted by atomic mass is 32.1. The molecule has 2 aromatic carbocycles. The van der Waals surface area contributed by atoms with Crippen LogP contribution in [-0.2, 0) is 11.2 Å². The fourth-order valence-corrected chi connectivity index (χ4v) is 2.66. The molecule has 2 aromatic rings. The van der Waals surface area contributed by atoms with Gasteiger partial charge in [0.1, 0.15) is 5.70 Å². The first-order chi connectivity index (χ1) is 10.7. The van der Waals surface area contributed by atoms with Crippen LogP contribution >= 0.6 is 12.2 Å². The minimum atomic E-state index is -0.0650. The summed E-state index contributed by atoms with van der Waals surface area (Å²) >= 11 is 5.28. The van der Waals surface area contributed by atoms with Crippen LogP contribution in [0.5, 0.6) is 0 Å². The van der Waals surface area contributed by atoms with Gasteiger partial charge in [0.2, 0.25) is 0 Å². The molecule has 1 amide bonds. The van der Waals surface area contributed by atoms with Crippen LogP contribution in [0.1, 0.15) is 11.1 Å². The first-order valence-electron chi connectivity index (χ1n) is 7.17. The second kappa shape index (κ2) is 6.54. The number of nitrogens with zero attached hydrogens (tertiary/aromatic N) is 1. The Kier molecular flexibility index (Phi) is 4.30. The number of amides is 1. The Morgan fingerprint density at radius 2 is 1.64 bits per heavy atom. The molecule has 0 unspecified atom stereocenters. The Balaban J connectivity index is 1.71. The third-order valence-electron chi connectivity index (χ3n) is 3.54. The summed E-state index contributed by atoms with van der Waals surface area (Å²) in [4.78, 5) is 14.1. The zero-order chi connectivity index (χ0) is 15.4. The molecule has 1 saturated heterocycles. The van der Waals surface area contributed by atoms with Gasteiger partial charge in [-0.3, -0.25) is 9.69 Å². The van der Waals surface area contributed by atoms with Crippen molar-refractivity contribution < 1.29 is 4.79 Å². The van der Waals surface area contributed by atoms with E-state index in [0.717, 1.165) is 12.0 Å². The summed E-state index contributed by atoms with van der Waals surface area (Å²) in [5.41, 5.74) is 2.70. The molecule has 0 atom stereocenters. The lowest BCUT2D eigenvalue weighted by Crippen LogP contribution is -2.32. The van der Waals surface area contributed by atoms with Crippen molar-refractivity contribution in [2.45, 2.75) is 6.42 Å². The van der Waals surface area contributed by atoms with Gasteiger partial charge in [0.15, 0.2) is 5.11 Å². The Morgan fingerprint density at radius 1 is 1.00 bits per heavy atom. The molecule has 1 heterocycles. The van der Waals surface area contributed by atoms with Gasteiger partial charge in [-0.15, -0.1) is 0 Å². The fraction of sp³-hybridized carbons (Fsp3) is 0.111. The molecular formula is C18H16N2OS. The molecule has 4 heteroatoms. The molecule has 0 aliphatic carbocycles. The van der Waals surface area contributed by atoms with E-state index in [9.17, 15) is 4.79 Å². The number of hydrogen-bond acceptors (Lipinski definition) is 2. The molecule has 0 bridgehead atoms. The molecule has 0 aromatic heterocycles. The van der Waals surface area contributed by atoms with E-state index < -0.39 is 0 Å². The Labute approximate surface area is 135 Å². The third kappa shape index (κ3) is 3.23. The number of thiocarbonyl (C=S) groups is 1. The Bertz CT molecular complexity index is 710. The SMILES string of the molecule is O=C1/C(=C/c2ccccc2)NC(=S)N1CCc1ccccc1. The van der Waals surface area contributed by atoms with Crippen molar-refractivity contribution in [1.82, 2.24) is 10.2 Å². The average Bonchev–Trinajstić information content (AvgIpc) is 2.81. The molecule has 3 rings (SSSR count). The molecule has 1 N–H and O–H groups in total. The maximum absolute atomic E-state index is 12.4. The van der Waals surface area contributed by atoms with Crippen LogP contribution in [0, 0.1) is 0 Å². The number of carbonyl (C=O) groups is 1. The van der Waals surface area contributed by atoms with E-state index in [1.807, 2.05) is 54.6 Å². The van der Waals surface area contributed by atoms with Crippen LogP contribution in [0.4, 0.5) is 0 Å². The zero-order valence-electron chi connectivity index (χ0n) is 12.0. The summed E-state index contributed by atoms with van der Waals surface area (Å²) in [7, 11) is 0. The standard InChI is InChI=1S/C18H16N2OS/c21-17-16(13-15-9-5-2-6-10-15)19-18(22)20(17)12-11-14-7-3-1-4-8-14/h1-10,13H,11-12H2,(H,19,22)/b16-13-. The lowest BCUT2D eigenvalue weighted by Gasteiger charge is -2.13. The topological polar surface area (TPSA) is 32.3 Å². The molecule has 3 nitrogen and oxygen atoms in total. The van der Waals surface area contributed by atoms with Crippen molar-refractivity contribution >= 4 is 29.3 Å². The van der Waals surface area contributed by atoms with Crippen LogP contribution in [0.2, 0.25) is 0 Å². The molecule has 1 aliphatic heterocycles. The number of nitrogens with one attached hydrogen (secondary N) is 1. The van der Waals surface area contributed by atoms with E-state index in [2.05, 4.69) is 17.4 Å². The zero-order valence-corrected chi connectivity index (χ0v) is 12.8. The summed E-state index contributed by atoms with van der Waals surface area (Å²) < 4.78 is 0. The van der Waals surface area contributed by atoms with Gasteiger partial charge in [-0.1, -0.05) is 60.7 Å². The third-order valence-corrected chi connectivity index (χ3v) is 3.86. The van der Waals surface area contributed by atoms with Crippen molar-refractivity contribution in [1.29, 1.82) is 0 Å². The second-order valence-corrected chi connectivity index (χ2v) is 5.48. The van der Waals surface area contributed by atoms with Crippen LogP contribution in [0.15, 0.2) is 66.4 Å². The van der Waals surface area contributed by atoms with Crippen molar-refractivity contribution in [2.24, 2.45) is 0 Å². The maximum atomic E-state index is 12.4. The van der Waals surface area contributed by atoms with Crippen molar-refractivity contribution in [3.05, 3.63) is 77.5 Å². The van der Waals surface area contributed by atoms with E-state index >= 15 is 0 Å². The summed E-state index contributed by atoms with van der Waals surface area (Å²) in [5, 5.41) is 3.48. The largest absolute Gasteiger partial charge is 0.328 e.